The second kappa shape index (κ2) is 9.15. The molecule has 4 heteroatoms. The van der Waals surface area contributed by atoms with Gasteiger partial charge in [-0.05, 0) is 0 Å². The highest BCUT2D eigenvalue weighted by Gasteiger charge is 1.92. The van der Waals surface area contributed by atoms with Gasteiger partial charge in [0.05, 0.1) is 52.9 Å². The molecule has 0 aromatic rings. The summed E-state index contributed by atoms with van der Waals surface area (Å²) >= 11 is 0. The molecule has 0 amide bonds. The summed E-state index contributed by atoms with van der Waals surface area (Å²) in [5.41, 5.74) is 0. The zero-order valence-corrected chi connectivity index (χ0v) is 8.44. The van der Waals surface area contributed by atoms with Crippen molar-refractivity contribution in [2.75, 3.05) is 52.9 Å². The van der Waals surface area contributed by atoms with E-state index in [1.807, 2.05) is 12.2 Å². The van der Waals surface area contributed by atoms with Crippen LogP contribution in [-0.2, 0) is 18.9 Å². The highest BCUT2D eigenvalue weighted by Crippen LogP contribution is 1.86. The van der Waals surface area contributed by atoms with Crippen molar-refractivity contribution in [2.24, 2.45) is 0 Å². The fourth-order valence-electron chi connectivity index (χ4n) is 0.997. The molecule has 1 aliphatic rings. The number of hydrogen-bond acceptors (Lipinski definition) is 4. The molecule has 0 radical (unpaired) electrons. The monoisotopic (exact) mass is 202 g/mol. The average molecular weight is 202 g/mol. The van der Waals surface area contributed by atoms with E-state index in [2.05, 4.69) is 0 Å². The van der Waals surface area contributed by atoms with Crippen LogP contribution in [0, 0.1) is 0 Å². The van der Waals surface area contributed by atoms with Gasteiger partial charge in [-0.25, -0.2) is 0 Å². The molecule has 0 aliphatic carbocycles. The number of hydrogen-bond donors (Lipinski definition) is 0. The lowest BCUT2D eigenvalue weighted by Crippen LogP contribution is -2.12. The molecule has 1 heterocycles. The largest absolute Gasteiger partial charge is 0.377 e. The summed E-state index contributed by atoms with van der Waals surface area (Å²) in [6.07, 6.45) is 3.90. The van der Waals surface area contributed by atoms with Gasteiger partial charge in [0.2, 0.25) is 0 Å². The SMILES string of the molecule is C1=CCOCCOCCOCCOC1. The van der Waals surface area contributed by atoms with Crippen molar-refractivity contribution < 1.29 is 18.9 Å². The third-order valence-electron chi connectivity index (χ3n) is 1.71. The zero-order valence-electron chi connectivity index (χ0n) is 8.44. The van der Waals surface area contributed by atoms with Crippen molar-refractivity contribution in [2.45, 2.75) is 0 Å². The van der Waals surface area contributed by atoms with Crippen LogP contribution in [-0.4, -0.2) is 52.9 Å². The lowest BCUT2D eigenvalue weighted by Gasteiger charge is -2.07. The van der Waals surface area contributed by atoms with E-state index in [0.717, 1.165) is 0 Å². The molecule has 0 atom stereocenters. The van der Waals surface area contributed by atoms with Crippen LogP contribution in [0.4, 0.5) is 0 Å². The lowest BCUT2D eigenvalue weighted by molar-refractivity contribution is 0.00227. The van der Waals surface area contributed by atoms with Gasteiger partial charge in [0.15, 0.2) is 0 Å². The van der Waals surface area contributed by atoms with Crippen LogP contribution in [0.25, 0.3) is 0 Å². The Morgan fingerprint density at radius 2 is 0.857 bits per heavy atom. The molecule has 0 N–H and O–H groups in total. The van der Waals surface area contributed by atoms with E-state index in [0.29, 0.717) is 52.9 Å². The van der Waals surface area contributed by atoms with E-state index in [1.165, 1.54) is 0 Å². The van der Waals surface area contributed by atoms with Crippen LogP contribution in [0.1, 0.15) is 0 Å². The fraction of sp³-hybridized carbons (Fsp3) is 0.800. The summed E-state index contributed by atoms with van der Waals surface area (Å²) in [7, 11) is 0. The van der Waals surface area contributed by atoms with Crippen molar-refractivity contribution in [1.29, 1.82) is 0 Å². The highest BCUT2D eigenvalue weighted by atomic mass is 16.6. The van der Waals surface area contributed by atoms with Crippen LogP contribution < -0.4 is 0 Å². The van der Waals surface area contributed by atoms with Gasteiger partial charge in [0.25, 0.3) is 0 Å². The summed E-state index contributed by atoms with van der Waals surface area (Å²) in [6.45, 7) is 5.03. The molecule has 14 heavy (non-hydrogen) atoms. The van der Waals surface area contributed by atoms with Gasteiger partial charge in [-0.2, -0.15) is 0 Å². The van der Waals surface area contributed by atoms with Gasteiger partial charge in [-0.3, -0.25) is 0 Å². The second-order valence-electron chi connectivity index (χ2n) is 2.85. The molecule has 0 fully saturated rings. The minimum atomic E-state index is 0.624. The molecule has 0 aromatic carbocycles. The first-order valence-electron chi connectivity index (χ1n) is 4.96. The van der Waals surface area contributed by atoms with Crippen molar-refractivity contribution in [1.82, 2.24) is 0 Å². The maximum Gasteiger partial charge on any atom is 0.0704 e. The minimum Gasteiger partial charge on any atom is -0.377 e. The van der Waals surface area contributed by atoms with Gasteiger partial charge in [0.1, 0.15) is 0 Å². The van der Waals surface area contributed by atoms with Gasteiger partial charge in [0, 0.05) is 0 Å². The van der Waals surface area contributed by atoms with Gasteiger partial charge in [-0.15, -0.1) is 0 Å². The van der Waals surface area contributed by atoms with Crippen molar-refractivity contribution >= 4 is 0 Å². The summed E-state index contributed by atoms with van der Waals surface area (Å²) in [5, 5.41) is 0. The molecule has 1 rings (SSSR count). The molecule has 1 aliphatic heterocycles. The Hall–Kier alpha value is -0.420. The average Bonchev–Trinajstić information content (AvgIpc) is 2.22. The smallest absolute Gasteiger partial charge is 0.0704 e. The fourth-order valence-corrected chi connectivity index (χ4v) is 0.997. The first-order chi connectivity index (χ1) is 7.00. The highest BCUT2D eigenvalue weighted by molar-refractivity contribution is 4.81. The molecule has 0 unspecified atom stereocenters. The molecule has 82 valence electrons. The lowest BCUT2D eigenvalue weighted by atomic mass is 10.5. The van der Waals surface area contributed by atoms with Crippen LogP contribution in [0.5, 0.6) is 0 Å². The molecule has 0 saturated carbocycles. The number of ether oxygens (including phenoxy) is 4. The van der Waals surface area contributed by atoms with Crippen LogP contribution in [0.3, 0.4) is 0 Å². The van der Waals surface area contributed by atoms with Crippen LogP contribution >= 0.6 is 0 Å². The van der Waals surface area contributed by atoms with E-state index < -0.39 is 0 Å². The molecule has 4 nitrogen and oxygen atoms in total. The normalized spacial score (nSPS) is 22.9. The van der Waals surface area contributed by atoms with Gasteiger partial charge < -0.3 is 18.9 Å². The summed E-state index contributed by atoms with van der Waals surface area (Å²) in [4.78, 5) is 0. The molecule has 0 saturated heterocycles. The Balaban J connectivity index is 2.09. The molecular weight excluding hydrogens is 184 g/mol. The standard InChI is InChI=1S/C10H18O4/c1-2-4-12-6-8-14-10-9-13-7-5-11-3-1/h1-2H,3-10H2. The first-order valence-corrected chi connectivity index (χ1v) is 4.96. The van der Waals surface area contributed by atoms with Crippen LogP contribution in [0.2, 0.25) is 0 Å². The Morgan fingerprint density at radius 1 is 0.500 bits per heavy atom. The van der Waals surface area contributed by atoms with E-state index in [-0.39, 0.29) is 0 Å². The third kappa shape index (κ3) is 7.03. The maximum absolute atomic E-state index is 5.27. The number of rotatable bonds is 0. The van der Waals surface area contributed by atoms with Crippen LogP contribution in [0.15, 0.2) is 12.2 Å². The topological polar surface area (TPSA) is 36.9 Å². The summed E-state index contributed by atoms with van der Waals surface area (Å²) in [5.74, 6) is 0. The Labute approximate surface area is 84.8 Å². The van der Waals surface area contributed by atoms with E-state index in [9.17, 15) is 0 Å². The molecular formula is C10H18O4. The second-order valence-corrected chi connectivity index (χ2v) is 2.85. The Kier molecular flexibility index (Phi) is 7.61. The molecule has 0 spiro atoms. The van der Waals surface area contributed by atoms with E-state index in [1.54, 1.807) is 0 Å². The van der Waals surface area contributed by atoms with E-state index in [4.69, 9.17) is 18.9 Å². The van der Waals surface area contributed by atoms with E-state index >= 15 is 0 Å². The molecule has 0 aromatic heterocycles. The Bertz CT molecular complexity index is 131. The predicted octanol–water partition coefficient (Wildman–Crippen LogP) is 0.623. The Morgan fingerprint density at radius 3 is 1.29 bits per heavy atom. The van der Waals surface area contributed by atoms with Crippen molar-refractivity contribution in [3.05, 3.63) is 12.2 Å². The van der Waals surface area contributed by atoms with Gasteiger partial charge >= 0.3 is 0 Å². The minimum absolute atomic E-state index is 0.624. The zero-order chi connectivity index (χ0) is 9.90. The molecule has 0 bridgehead atoms. The van der Waals surface area contributed by atoms with Gasteiger partial charge in [-0.1, -0.05) is 12.2 Å². The third-order valence-corrected chi connectivity index (χ3v) is 1.71. The summed E-state index contributed by atoms with van der Waals surface area (Å²) in [6, 6.07) is 0. The maximum atomic E-state index is 5.27. The van der Waals surface area contributed by atoms with Crippen molar-refractivity contribution in [3.63, 3.8) is 0 Å². The summed E-state index contributed by atoms with van der Waals surface area (Å²) < 4.78 is 21.1. The first kappa shape index (κ1) is 11.7. The quantitative estimate of drug-likeness (QED) is 0.540. The van der Waals surface area contributed by atoms with Crippen molar-refractivity contribution in [3.8, 4) is 0 Å². The predicted molar refractivity (Wildman–Crippen MR) is 52.4 cm³/mol.